The Morgan fingerprint density at radius 3 is 2.48 bits per heavy atom. The van der Waals surface area contributed by atoms with Crippen LogP contribution in [-0.4, -0.2) is 27.0 Å². The van der Waals surface area contributed by atoms with Crippen LogP contribution < -0.4 is 5.32 Å². The van der Waals surface area contributed by atoms with E-state index in [-0.39, 0.29) is 35.8 Å². The van der Waals surface area contributed by atoms with Gasteiger partial charge in [0.2, 0.25) is 0 Å². The van der Waals surface area contributed by atoms with Crippen LogP contribution in [0.3, 0.4) is 0 Å². The van der Waals surface area contributed by atoms with Gasteiger partial charge in [-0.3, -0.25) is 4.79 Å². The first kappa shape index (κ1) is 17.8. The van der Waals surface area contributed by atoms with Gasteiger partial charge in [0.15, 0.2) is 5.76 Å². The number of hydrogen-bond acceptors (Lipinski definition) is 4. The minimum atomic E-state index is -4.22. The van der Waals surface area contributed by atoms with E-state index in [1.807, 2.05) is 0 Å². The van der Waals surface area contributed by atoms with Crippen molar-refractivity contribution in [3.8, 4) is 0 Å². The van der Waals surface area contributed by atoms with E-state index < -0.39 is 27.6 Å². The lowest BCUT2D eigenvalue weighted by atomic mass is 10.2. The number of rotatable bonds is 6. The van der Waals surface area contributed by atoms with Gasteiger partial charge in [-0.05, 0) is 19.8 Å². The van der Waals surface area contributed by atoms with Crippen LogP contribution in [0.2, 0.25) is 0 Å². The van der Waals surface area contributed by atoms with Crippen LogP contribution in [0.25, 0.3) is 0 Å². The highest BCUT2D eigenvalue weighted by Gasteiger charge is 2.26. The molecule has 1 aromatic rings. The van der Waals surface area contributed by atoms with Crippen molar-refractivity contribution >= 4 is 25.6 Å². The Hall–Kier alpha value is -1.22. The van der Waals surface area contributed by atoms with Crippen molar-refractivity contribution in [1.29, 1.82) is 0 Å². The van der Waals surface area contributed by atoms with Crippen LogP contribution in [0.15, 0.2) is 15.4 Å². The second-order valence-electron chi connectivity index (χ2n) is 4.30. The molecule has 1 heterocycles. The van der Waals surface area contributed by atoms with Crippen molar-refractivity contribution in [2.75, 3.05) is 6.54 Å². The molecule has 120 valence electrons. The smallest absolute Gasteiger partial charge is 0.389 e. The van der Waals surface area contributed by atoms with Gasteiger partial charge in [-0.1, -0.05) is 0 Å². The molecule has 1 amide bonds. The molecule has 0 bridgehead atoms. The molecule has 0 saturated heterocycles. The molecule has 1 N–H and O–H groups in total. The van der Waals surface area contributed by atoms with Crippen LogP contribution in [-0.2, 0) is 9.05 Å². The largest absolute Gasteiger partial charge is 0.455 e. The summed E-state index contributed by atoms with van der Waals surface area (Å²) in [6.45, 7) is 1.35. The highest BCUT2D eigenvalue weighted by molar-refractivity contribution is 8.13. The molecule has 1 aromatic heterocycles. The molecule has 21 heavy (non-hydrogen) atoms. The molecular weight excluding hydrogens is 335 g/mol. The van der Waals surface area contributed by atoms with E-state index in [0.717, 1.165) is 6.07 Å². The second-order valence-corrected chi connectivity index (χ2v) is 6.83. The third-order valence-electron chi connectivity index (χ3n) is 2.53. The predicted octanol–water partition coefficient (Wildman–Crippen LogP) is 2.98. The fraction of sp³-hybridized carbons (Fsp3) is 0.545. The highest BCUT2D eigenvalue weighted by Crippen LogP contribution is 2.24. The van der Waals surface area contributed by atoms with Crippen LogP contribution in [0.5, 0.6) is 0 Å². The minimum Gasteiger partial charge on any atom is -0.455 e. The molecule has 5 nitrogen and oxygen atoms in total. The Kier molecular flexibility index (Phi) is 5.68. The van der Waals surface area contributed by atoms with E-state index in [1.54, 1.807) is 0 Å². The van der Waals surface area contributed by atoms with Gasteiger partial charge >= 0.3 is 6.18 Å². The number of furan rings is 1. The quantitative estimate of drug-likeness (QED) is 0.634. The summed E-state index contributed by atoms with van der Waals surface area (Å²) in [4.78, 5) is 11.3. The summed E-state index contributed by atoms with van der Waals surface area (Å²) in [7, 11) is 1.13. The predicted molar refractivity (Wildman–Crippen MR) is 68.7 cm³/mol. The Bertz CT molecular complexity index is 609. The van der Waals surface area contributed by atoms with Gasteiger partial charge in [0, 0.05) is 29.7 Å². The lowest BCUT2D eigenvalue weighted by molar-refractivity contribution is -0.135. The van der Waals surface area contributed by atoms with Gasteiger partial charge in [-0.15, -0.1) is 0 Å². The normalized spacial score (nSPS) is 12.4. The first-order valence-electron chi connectivity index (χ1n) is 5.91. The van der Waals surface area contributed by atoms with E-state index in [1.165, 1.54) is 6.92 Å². The second kappa shape index (κ2) is 6.69. The zero-order chi connectivity index (χ0) is 16.3. The molecule has 1 rings (SSSR count). The number of carbonyl (C=O) groups is 1. The topological polar surface area (TPSA) is 76.4 Å². The summed E-state index contributed by atoms with van der Waals surface area (Å²) in [5.41, 5.74) is 0. The van der Waals surface area contributed by atoms with Crippen molar-refractivity contribution in [3.05, 3.63) is 17.6 Å². The molecular formula is C11H13ClF3NO4S. The average molecular weight is 348 g/mol. The van der Waals surface area contributed by atoms with E-state index in [0.29, 0.717) is 0 Å². The zero-order valence-corrected chi connectivity index (χ0v) is 12.5. The number of carbonyl (C=O) groups excluding carboxylic acids is 1. The summed E-state index contributed by atoms with van der Waals surface area (Å²) >= 11 is 0. The van der Waals surface area contributed by atoms with Crippen LogP contribution >= 0.6 is 10.7 Å². The number of hydrogen-bond donors (Lipinski definition) is 1. The monoisotopic (exact) mass is 347 g/mol. The maximum atomic E-state index is 11.9. The number of amides is 1. The number of halogens is 4. The zero-order valence-electron chi connectivity index (χ0n) is 11.0. The van der Waals surface area contributed by atoms with Crippen molar-refractivity contribution < 1.29 is 30.8 Å². The Morgan fingerprint density at radius 1 is 1.38 bits per heavy atom. The Morgan fingerprint density at radius 2 is 2.00 bits per heavy atom. The molecule has 10 heteroatoms. The first-order valence-corrected chi connectivity index (χ1v) is 8.21. The molecule has 0 aliphatic rings. The van der Waals surface area contributed by atoms with Gasteiger partial charge in [0.1, 0.15) is 10.7 Å². The van der Waals surface area contributed by atoms with Gasteiger partial charge < -0.3 is 9.73 Å². The van der Waals surface area contributed by atoms with Crippen LogP contribution in [0.4, 0.5) is 13.2 Å². The van der Waals surface area contributed by atoms with Gasteiger partial charge in [0.05, 0.1) is 0 Å². The Balaban J connectivity index is 2.50. The lowest BCUT2D eigenvalue weighted by Crippen LogP contribution is -2.24. The molecule has 0 aliphatic carbocycles. The standard InChI is InChI=1S/C11H13ClF3NO4S/c1-7-9(21(12,18)19)6-8(20-7)10(17)16-5-3-2-4-11(13,14)15/h6H,2-5H2,1H3,(H,16,17). The average Bonchev–Trinajstić information content (AvgIpc) is 2.69. The summed E-state index contributed by atoms with van der Waals surface area (Å²) in [6, 6.07) is 0.975. The SMILES string of the molecule is Cc1oc(C(=O)NCCCCC(F)(F)F)cc1S(=O)(=O)Cl. The highest BCUT2D eigenvalue weighted by atomic mass is 35.7. The third kappa shape index (κ3) is 5.96. The molecule has 0 aliphatic heterocycles. The van der Waals surface area contributed by atoms with E-state index in [9.17, 15) is 26.4 Å². The van der Waals surface area contributed by atoms with Gasteiger partial charge in [0.25, 0.3) is 15.0 Å². The van der Waals surface area contributed by atoms with E-state index in [2.05, 4.69) is 5.32 Å². The first-order chi connectivity index (χ1) is 9.50. The van der Waals surface area contributed by atoms with Crippen molar-refractivity contribution in [2.45, 2.75) is 37.3 Å². The van der Waals surface area contributed by atoms with E-state index in [4.69, 9.17) is 15.1 Å². The summed E-state index contributed by atoms with van der Waals surface area (Å²) < 4.78 is 62.9. The Labute approximate surface area is 123 Å². The molecule has 0 spiro atoms. The van der Waals surface area contributed by atoms with Crippen molar-refractivity contribution in [2.24, 2.45) is 0 Å². The number of aryl methyl sites for hydroxylation is 1. The van der Waals surface area contributed by atoms with Crippen LogP contribution in [0, 0.1) is 6.92 Å². The molecule has 0 fully saturated rings. The molecule has 0 aromatic carbocycles. The maximum absolute atomic E-state index is 11.9. The maximum Gasteiger partial charge on any atom is 0.389 e. The third-order valence-corrected chi connectivity index (χ3v) is 3.96. The summed E-state index contributed by atoms with van der Waals surface area (Å²) in [5.74, 6) is -1.01. The fourth-order valence-corrected chi connectivity index (χ4v) is 2.65. The summed E-state index contributed by atoms with van der Waals surface area (Å²) in [5, 5.41) is 2.34. The summed E-state index contributed by atoms with van der Waals surface area (Å²) in [6.07, 6.45) is -5.10. The van der Waals surface area contributed by atoms with Gasteiger partial charge in [-0.25, -0.2) is 8.42 Å². The molecule has 0 atom stereocenters. The van der Waals surface area contributed by atoms with Crippen molar-refractivity contribution in [1.82, 2.24) is 5.32 Å². The van der Waals surface area contributed by atoms with Crippen LogP contribution in [0.1, 0.15) is 35.6 Å². The minimum absolute atomic E-state index is 0.0254. The molecule has 0 saturated carbocycles. The molecule has 0 radical (unpaired) electrons. The number of unbranched alkanes of at least 4 members (excludes halogenated alkanes) is 1. The number of nitrogens with one attached hydrogen (secondary N) is 1. The number of alkyl halides is 3. The lowest BCUT2D eigenvalue weighted by Gasteiger charge is -2.06. The fourth-order valence-electron chi connectivity index (χ4n) is 1.56. The van der Waals surface area contributed by atoms with Gasteiger partial charge in [-0.2, -0.15) is 13.2 Å². The molecule has 0 unspecified atom stereocenters. The van der Waals surface area contributed by atoms with Crippen molar-refractivity contribution in [3.63, 3.8) is 0 Å². The van der Waals surface area contributed by atoms with E-state index >= 15 is 0 Å².